The summed E-state index contributed by atoms with van der Waals surface area (Å²) >= 11 is 3.27. The molecule has 0 radical (unpaired) electrons. The Morgan fingerprint density at radius 2 is 2.00 bits per heavy atom. The average Bonchev–Trinajstić information content (AvgIpc) is 2.39. The van der Waals surface area contributed by atoms with E-state index in [2.05, 4.69) is 15.9 Å². The van der Waals surface area contributed by atoms with Gasteiger partial charge in [-0.25, -0.2) is 8.42 Å². The van der Waals surface area contributed by atoms with E-state index in [-0.39, 0.29) is 4.90 Å². The predicted octanol–water partition coefficient (Wildman–Crippen LogP) is 1.60. The van der Waals surface area contributed by atoms with Gasteiger partial charge in [-0.15, -0.1) is 0 Å². The number of hydrogen-bond acceptors (Lipinski definition) is 4. The van der Waals surface area contributed by atoms with E-state index in [1.165, 1.54) is 11.4 Å². The molecule has 1 aliphatic rings. The van der Waals surface area contributed by atoms with Crippen LogP contribution in [0.4, 0.5) is 0 Å². The second-order valence-corrected chi connectivity index (χ2v) is 7.25. The van der Waals surface area contributed by atoms with Crippen LogP contribution in [0.15, 0.2) is 27.6 Å². The molecule has 0 aliphatic carbocycles. The topological polar surface area (TPSA) is 66.8 Å². The van der Waals surface area contributed by atoms with Gasteiger partial charge >= 0.3 is 0 Å². The maximum Gasteiger partial charge on any atom is 0.246 e. The number of methoxy groups -OCH3 is 1. The van der Waals surface area contributed by atoms with Gasteiger partial charge in [-0.3, -0.25) is 0 Å². The van der Waals surface area contributed by atoms with E-state index < -0.39 is 16.1 Å². The molecule has 1 saturated heterocycles. The number of nitrogens with zero attached hydrogens (tertiary/aromatic N) is 1. The van der Waals surface area contributed by atoms with Gasteiger partial charge in [-0.1, -0.05) is 15.9 Å². The number of aliphatic hydroxyl groups excluding tert-OH is 1. The summed E-state index contributed by atoms with van der Waals surface area (Å²) in [7, 11) is -2.14. The van der Waals surface area contributed by atoms with Gasteiger partial charge in [0.15, 0.2) is 0 Å². The van der Waals surface area contributed by atoms with Crippen LogP contribution in [-0.2, 0) is 10.0 Å². The highest BCUT2D eigenvalue weighted by molar-refractivity contribution is 9.10. The van der Waals surface area contributed by atoms with Crippen LogP contribution in [0.1, 0.15) is 12.8 Å². The molecule has 0 atom stereocenters. The minimum absolute atomic E-state index is 0.153. The molecule has 0 unspecified atom stereocenters. The van der Waals surface area contributed by atoms with Gasteiger partial charge in [-0.05, 0) is 31.0 Å². The lowest BCUT2D eigenvalue weighted by Gasteiger charge is -2.29. The molecule has 5 nitrogen and oxygen atoms in total. The number of halogens is 1. The van der Waals surface area contributed by atoms with E-state index in [0.717, 1.165) is 0 Å². The van der Waals surface area contributed by atoms with Crippen molar-refractivity contribution in [2.45, 2.75) is 23.8 Å². The highest BCUT2D eigenvalue weighted by Crippen LogP contribution is 2.31. The lowest BCUT2D eigenvalue weighted by Crippen LogP contribution is -2.40. The van der Waals surface area contributed by atoms with Crippen molar-refractivity contribution in [3.05, 3.63) is 22.7 Å². The maximum absolute atomic E-state index is 12.6. The van der Waals surface area contributed by atoms with E-state index in [1.54, 1.807) is 18.2 Å². The minimum atomic E-state index is -3.58. The molecule has 0 saturated carbocycles. The fourth-order valence-electron chi connectivity index (χ4n) is 2.07. The van der Waals surface area contributed by atoms with Crippen molar-refractivity contribution in [2.75, 3.05) is 20.2 Å². The molecule has 0 aromatic heterocycles. The summed E-state index contributed by atoms with van der Waals surface area (Å²) in [4.78, 5) is 0.153. The Hall–Kier alpha value is -0.630. The molecule has 1 heterocycles. The maximum atomic E-state index is 12.6. The largest absolute Gasteiger partial charge is 0.495 e. The molecule has 7 heteroatoms. The molecule has 1 aromatic carbocycles. The van der Waals surface area contributed by atoms with E-state index in [4.69, 9.17) is 4.74 Å². The molecule has 0 bridgehead atoms. The summed E-state index contributed by atoms with van der Waals surface area (Å²) in [6.07, 6.45) is 0.529. The number of ether oxygens (including phenoxy) is 1. The molecule has 1 fully saturated rings. The lowest BCUT2D eigenvalue weighted by atomic mass is 10.1. The molecule has 1 N–H and O–H groups in total. The fourth-order valence-corrected chi connectivity index (χ4v) is 4.24. The van der Waals surface area contributed by atoms with Crippen LogP contribution in [-0.4, -0.2) is 44.1 Å². The molecule has 0 amide bonds. The monoisotopic (exact) mass is 349 g/mol. The van der Waals surface area contributed by atoms with Crippen molar-refractivity contribution in [3.63, 3.8) is 0 Å². The zero-order chi connectivity index (χ0) is 14.0. The van der Waals surface area contributed by atoms with Crippen LogP contribution >= 0.6 is 15.9 Å². The second-order valence-electron chi connectivity index (χ2n) is 4.43. The van der Waals surface area contributed by atoms with E-state index in [9.17, 15) is 13.5 Å². The first-order valence-corrected chi connectivity index (χ1v) is 8.20. The minimum Gasteiger partial charge on any atom is -0.495 e. The van der Waals surface area contributed by atoms with Gasteiger partial charge in [0.05, 0.1) is 13.2 Å². The second kappa shape index (κ2) is 5.78. The summed E-state index contributed by atoms with van der Waals surface area (Å²) < 4.78 is 32.3. The SMILES string of the molecule is COc1ccc(Br)cc1S(=O)(=O)N1CCC(O)CC1. The first-order chi connectivity index (χ1) is 8.95. The van der Waals surface area contributed by atoms with Crippen molar-refractivity contribution in [3.8, 4) is 5.75 Å². The number of sulfonamides is 1. The smallest absolute Gasteiger partial charge is 0.246 e. The third-order valence-corrected chi connectivity index (χ3v) is 5.58. The highest BCUT2D eigenvalue weighted by Gasteiger charge is 2.31. The quantitative estimate of drug-likeness (QED) is 0.899. The molecule has 1 aliphatic heterocycles. The van der Waals surface area contributed by atoms with Gasteiger partial charge in [-0.2, -0.15) is 4.31 Å². The van der Waals surface area contributed by atoms with E-state index in [1.807, 2.05) is 0 Å². The summed E-state index contributed by atoms with van der Waals surface area (Å²) in [6, 6.07) is 4.90. The number of hydrogen-bond donors (Lipinski definition) is 1. The van der Waals surface area contributed by atoms with Crippen molar-refractivity contribution in [2.24, 2.45) is 0 Å². The summed E-state index contributed by atoms with van der Waals surface area (Å²) in [6.45, 7) is 0.665. The first-order valence-electron chi connectivity index (χ1n) is 5.97. The normalized spacial score (nSPS) is 18.5. The zero-order valence-electron chi connectivity index (χ0n) is 10.5. The molecule has 2 rings (SSSR count). The standard InChI is InChI=1S/C12H16BrNO4S/c1-18-11-3-2-9(13)8-12(11)19(16,17)14-6-4-10(15)5-7-14/h2-3,8,10,15H,4-7H2,1H3. The molecule has 0 spiro atoms. The highest BCUT2D eigenvalue weighted by atomic mass is 79.9. The van der Waals surface area contributed by atoms with E-state index in [0.29, 0.717) is 36.2 Å². The molecule has 19 heavy (non-hydrogen) atoms. The van der Waals surface area contributed by atoms with Gasteiger partial charge in [0, 0.05) is 17.6 Å². The third-order valence-electron chi connectivity index (χ3n) is 3.17. The Labute approximate surface area is 121 Å². The fraction of sp³-hybridized carbons (Fsp3) is 0.500. The number of benzene rings is 1. The van der Waals surface area contributed by atoms with Crippen LogP contribution in [0.25, 0.3) is 0 Å². The number of piperidine rings is 1. The summed E-state index contributed by atoms with van der Waals surface area (Å²) in [5, 5.41) is 9.45. The van der Waals surface area contributed by atoms with Crippen molar-refractivity contribution >= 4 is 26.0 Å². The lowest BCUT2D eigenvalue weighted by molar-refractivity contribution is 0.113. The van der Waals surface area contributed by atoms with Crippen molar-refractivity contribution in [1.82, 2.24) is 4.31 Å². The zero-order valence-corrected chi connectivity index (χ0v) is 12.9. The Kier molecular flexibility index (Phi) is 4.50. The molecule has 1 aromatic rings. The third kappa shape index (κ3) is 3.10. The van der Waals surface area contributed by atoms with Crippen molar-refractivity contribution in [1.29, 1.82) is 0 Å². The van der Waals surface area contributed by atoms with Gasteiger partial charge < -0.3 is 9.84 Å². The average molecular weight is 350 g/mol. The predicted molar refractivity (Wildman–Crippen MR) is 74.7 cm³/mol. The summed E-state index contributed by atoms with van der Waals surface area (Å²) in [5.74, 6) is 0.328. The van der Waals surface area contributed by atoms with Crippen LogP contribution in [0, 0.1) is 0 Å². The molecular formula is C12H16BrNO4S. The molecular weight excluding hydrogens is 334 g/mol. The first kappa shape index (κ1) is 14.8. The summed E-state index contributed by atoms with van der Waals surface area (Å²) in [5.41, 5.74) is 0. The van der Waals surface area contributed by atoms with E-state index >= 15 is 0 Å². The molecule has 106 valence electrons. The van der Waals surface area contributed by atoms with Crippen LogP contribution in [0.3, 0.4) is 0 Å². The van der Waals surface area contributed by atoms with Crippen LogP contribution < -0.4 is 4.74 Å². The Morgan fingerprint density at radius 1 is 1.37 bits per heavy atom. The Bertz CT molecular complexity index is 553. The van der Waals surface area contributed by atoms with Crippen molar-refractivity contribution < 1.29 is 18.3 Å². The Balaban J connectivity index is 2.36. The van der Waals surface area contributed by atoms with Gasteiger partial charge in [0.1, 0.15) is 10.6 Å². The van der Waals surface area contributed by atoms with Gasteiger partial charge in [0.2, 0.25) is 10.0 Å². The number of aliphatic hydroxyl groups is 1. The van der Waals surface area contributed by atoms with Crippen LogP contribution in [0.2, 0.25) is 0 Å². The Morgan fingerprint density at radius 3 is 2.58 bits per heavy atom. The number of rotatable bonds is 3. The van der Waals surface area contributed by atoms with Gasteiger partial charge in [0.25, 0.3) is 0 Å². The van der Waals surface area contributed by atoms with Crippen LogP contribution in [0.5, 0.6) is 5.75 Å².